The molecule has 18 heavy (non-hydrogen) atoms. The lowest BCUT2D eigenvalue weighted by molar-refractivity contribution is 0.0723. The molecule has 0 spiro atoms. The summed E-state index contributed by atoms with van der Waals surface area (Å²) >= 11 is 0. The van der Waals surface area contributed by atoms with Crippen LogP contribution in [0.5, 0.6) is 0 Å². The molecular weight excluding hydrogens is 232 g/mol. The Kier molecular flexibility index (Phi) is 4.53. The molecule has 0 unspecified atom stereocenters. The van der Waals surface area contributed by atoms with Gasteiger partial charge < -0.3 is 20.1 Å². The first-order valence-electron chi connectivity index (χ1n) is 6.09. The van der Waals surface area contributed by atoms with E-state index >= 15 is 0 Å². The van der Waals surface area contributed by atoms with Crippen molar-refractivity contribution in [1.82, 2.24) is 9.88 Å². The molecule has 1 rings (SSSR count). The Morgan fingerprint density at radius 3 is 2.33 bits per heavy atom. The number of aromatic nitrogens is 1. The second kappa shape index (κ2) is 5.54. The number of hydrogen-bond acceptors (Lipinski definition) is 3. The monoisotopic (exact) mass is 254 g/mol. The largest absolute Gasteiger partial charge is 0.394 e. The topological polar surface area (TPSA) is 74.5 Å². The first-order valence-corrected chi connectivity index (χ1v) is 6.09. The first-order chi connectivity index (χ1) is 8.38. The Hall–Kier alpha value is -1.33. The molecule has 1 amide bonds. The molecule has 1 heterocycles. The second-order valence-electron chi connectivity index (χ2n) is 4.86. The van der Waals surface area contributed by atoms with Crippen molar-refractivity contribution < 1.29 is 15.0 Å². The molecule has 5 nitrogen and oxygen atoms in total. The van der Waals surface area contributed by atoms with Crippen molar-refractivity contribution >= 4 is 5.91 Å². The third-order valence-electron chi connectivity index (χ3n) is 3.25. The van der Waals surface area contributed by atoms with Crippen molar-refractivity contribution in [3.05, 3.63) is 23.0 Å². The predicted octanol–water partition coefficient (Wildman–Crippen LogP) is 0.598. The maximum atomic E-state index is 12.1. The zero-order chi connectivity index (χ0) is 13.9. The molecule has 0 fully saturated rings. The molecule has 0 aliphatic heterocycles. The van der Waals surface area contributed by atoms with Crippen LogP contribution in [0.3, 0.4) is 0 Å². The van der Waals surface area contributed by atoms with Gasteiger partial charge in [0.25, 0.3) is 5.91 Å². The number of aryl methyl sites for hydroxylation is 1. The highest BCUT2D eigenvalue weighted by Gasteiger charge is 2.26. The highest BCUT2D eigenvalue weighted by atomic mass is 16.3. The van der Waals surface area contributed by atoms with Gasteiger partial charge in [-0.15, -0.1) is 0 Å². The van der Waals surface area contributed by atoms with Crippen LogP contribution in [0, 0.1) is 13.8 Å². The van der Waals surface area contributed by atoms with Crippen molar-refractivity contribution in [3.8, 4) is 0 Å². The molecule has 0 saturated heterocycles. The normalized spacial score (nSPS) is 11.7. The van der Waals surface area contributed by atoms with Crippen LogP contribution in [0.25, 0.3) is 0 Å². The summed E-state index contributed by atoms with van der Waals surface area (Å²) in [6.07, 6.45) is 0. The molecule has 3 N–H and O–H groups in total. The van der Waals surface area contributed by atoms with E-state index in [1.54, 1.807) is 6.92 Å². The average Bonchev–Trinajstić information content (AvgIpc) is 2.64. The molecule has 0 bridgehead atoms. The van der Waals surface area contributed by atoms with Crippen LogP contribution in [0.1, 0.15) is 35.6 Å². The minimum atomic E-state index is -0.994. The van der Waals surface area contributed by atoms with Crippen LogP contribution in [0.4, 0.5) is 0 Å². The van der Waals surface area contributed by atoms with Crippen LogP contribution in [0.15, 0.2) is 6.07 Å². The van der Waals surface area contributed by atoms with E-state index in [0.29, 0.717) is 5.56 Å². The summed E-state index contributed by atoms with van der Waals surface area (Å²) in [4.78, 5) is 12.1. The first kappa shape index (κ1) is 14.7. The average molecular weight is 254 g/mol. The van der Waals surface area contributed by atoms with Crippen LogP contribution >= 0.6 is 0 Å². The van der Waals surface area contributed by atoms with Gasteiger partial charge in [0.05, 0.1) is 24.3 Å². The van der Waals surface area contributed by atoms with E-state index in [2.05, 4.69) is 5.32 Å². The number of aliphatic hydroxyl groups is 2. The van der Waals surface area contributed by atoms with Gasteiger partial charge in [0.1, 0.15) is 0 Å². The molecule has 0 aliphatic carbocycles. The Labute approximate surface area is 107 Å². The number of aliphatic hydroxyl groups excluding tert-OH is 2. The lowest BCUT2D eigenvalue weighted by Crippen LogP contribution is -2.51. The molecular formula is C13H22N2O3. The van der Waals surface area contributed by atoms with Gasteiger partial charge >= 0.3 is 0 Å². The van der Waals surface area contributed by atoms with Gasteiger partial charge in [0.15, 0.2) is 0 Å². The number of rotatable bonds is 5. The zero-order valence-corrected chi connectivity index (χ0v) is 11.4. The summed E-state index contributed by atoms with van der Waals surface area (Å²) < 4.78 is 2.05. The van der Waals surface area contributed by atoms with Crippen molar-refractivity contribution in [3.63, 3.8) is 0 Å². The summed E-state index contributed by atoms with van der Waals surface area (Å²) in [6.45, 7) is 7.66. The fourth-order valence-electron chi connectivity index (χ4n) is 1.99. The third-order valence-corrected chi connectivity index (χ3v) is 3.25. The molecule has 0 aromatic carbocycles. The van der Waals surface area contributed by atoms with E-state index in [4.69, 9.17) is 0 Å². The van der Waals surface area contributed by atoms with Gasteiger partial charge in [0, 0.05) is 17.9 Å². The maximum Gasteiger partial charge on any atom is 0.253 e. The summed E-state index contributed by atoms with van der Waals surface area (Å²) in [5.74, 6) is -0.270. The molecule has 1 aromatic rings. The van der Waals surface area contributed by atoms with Gasteiger partial charge in [0.2, 0.25) is 0 Å². The number of nitrogens with zero attached hydrogens (tertiary/aromatic N) is 1. The van der Waals surface area contributed by atoms with Crippen molar-refractivity contribution in [2.24, 2.45) is 0 Å². The molecule has 102 valence electrons. The Morgan fingerprint density at radius 1 is 1.39 bits per heavy atom. The fourth-order valence-corrected chi connectivity index (χ4v) is 1.99. The van der Waals surface area contributed by atoms with Gasteiger partial charge in [-0.3, -0.25) is 4.79 Å². The quantitative estimate of drug-likeness (QED) is 0.720. The van der Waals surface area contributed by atoms with Crippen LogP contribution in [-0.4, -0.2) is 39.4 Å². The minimum Gasteiger partial charge on any atom is -0.394 e. The molecule has 0 atom stereocenters. The van der Waals surface area contributed by atoms with E-state index in [9.17, 15) is 15.0 Å². The predicted molar refractivity (Wildman–Crippen MR) is 69.6 cm³/mol. The Morgan fingerprint density at radius 2 is 1.94 bits per heavy atom. The molecule has 0 aliphatic rings. The molecule has 1 aromatic heterocycles. The number of nitrogens with one attached hydrogen (secondary N) is 1. The van der Waals surface area contributed by atoms with E-state index in [1.165, 1.54) is 0 Å². The SMILES string of the molecule is CCn1c(C)cc(C(=O)NC(C)(CO)CO)c1C. The minimum absolute atomic E-state index is 0.270. The van der Waals surface area contributed by atoms with Crippen molar-refractivity contribution in [1.29, 1.82) is 0 Å². The second-order valence-corrected chi connectivity index (χ2v) is 4.86. The maximum absolute atomic E-state index is 12.1. The fraction of sp³-hybridized carbons (Fsp3) is 0.615. The summed E-state index contributed by atoms with van der Waals surface area (Å²) in [5, 5.41) is 21.0. The number of amides is 1. The van der Waals surface area contributed by atoms with Gasteiger partial charge in [-0.05, 0) is 33.8 Å². The lowest BCUT2D eigenvalue weighted by Gasteiger charge is -2.26. The summed E-state index contributed by atoms with van der Waals surface area (Å²) in [7, 11) is 0. The van der Waals surface area contributed by atoms with Gasteiger partial charge in [-0.25, -0.2) is 0 Å². The van der Waals surface area contributed by atoms with E-state index in [-0.39, 0.29) is 19.1 Å². The smallest absolute Gasteiger partial charge is 0.253 e. The molecule has 0 saturated carbocycles. The molecule has 0 radical (unpaired) electrons. The Balaban J connectivity index is 2.98. The molecule has 5 heteroatoms. The standard InChI is InChI=1S/C13H22N2O3/c1-5-15-9(2)6-11(10(15)3)12(18)14-13(4,7-16)8-17/h6,16-17H,5,7-8H2,1-4H3,(H,14,18). The van der Waals surface area contributed by atoms with Crippen molar-refractivity contribution in [2.75, 3.05) is 13.2 Å². The summed E-state index contributed by atoms with van der Waals surface area (Å²) in [5.41, 5.74) is 1.51. The lowest BCUT2D eigenvalue weighted by atomic mass is 10.0. The summed E-state index contributed by atoms with van der Waals surface area (Å²) in [6, 6.07) is 1.82. The third kappa shape index (κ3) is 2.73. The number of carbonyl (C=O) groups is 1. The van der Waals surface area contributed by atoms with Gasteiger partial charge in [-0.1, -0.05) is 0 Å². The zero-order valence-electron chi connectivity index (χ0n) is 11.4. The van der Waals surface area contributed by atoms with E-state index in [1.807, 2.05) is 31.4 Å². The Bertz CT molecular complexity index is 434. The van der Waals surface area contributed by atoms with Crippen LogP contribution in [0.2, 0.25) is 0 Å². The highest BCUT2D eigenvalue weighted by molar-refractivity contribution is 5.96. The van der Waals surface area contributed by atoms with Crippen molar-refractivity contribution in [2.45, 2.75) is 39.8 Å². The van der Waals surface area contributed by atoms with E-state index < -0.39 is 5.54 Å². The van der Waals surface area contributed by atoms with E-state index in [0.717, 1.165) is 17.9 Å². The van der Waals surface area contributed by atoms with Crippen LogP contribution < -0.4 is 5.32 Å². The van der Waals surface area contributed by atoms with Crippen LogP contribution in [-0.2, 0) is 6.54 Å². The number of carbonyl (C=O) groups excluding carboxylic acids is 1. The van der Waals surface area contributed by atoms with Gasteiger partial charge in [-0.2, -0.15) is 0 Å². The highest BCUT2D eigenvalue weighted by Crippen LogP contribution is 2.16. The number of hydrogen-bond donors (Lipinski definition) is 3.